The number of nitrogens with one attached hydrogen (secondary N) is 1. The summed E-state index contributed by atoms with van der Waals surface area (Å²) in [4.78, 5) is 17.5. The van der Waals surface area contributed by atoms with Crippen molar-refractivity contribution in [2.24, 2.45) is 0 Å². The van der Waals surface area contributed by atoms with E-state index in [0.717, 1.165) is 22.2 Å². The van der Waals surface area contributed by atoms with Gasteiger partial charge in [0, 0.05) is 19.6 Å². The third-order valence-electron chi connectivity index (χ3n) is 4.13. The maximum Gasteiger partial charge on any atom is 0.408 e. The van der Waals surface area contributed by atoms with Gasteiger partial charge in [0.15, 0.2) is 0 Å². The molecule has 1 saturated heterocycles. The zero-order chi connectivity index (χ0) is 14.2. The van der Waals surface area contributed by atoms with Crippen LogP contribution in [0.3, 0.4) is 0 Å². The highest BCUT2D eigenvalue weighted by Crippen LogP contribution is 2.35. The summed E-state index contributed by atoms with van der Waals surface area (Å²) in [6.07, 6.45) is -0.103. The molecule has 1 aliphatic rings. The topological polar surface area (TPSA) is 65.5 Å². The summed E-state index contributed by atoms with van der Waals surface area (Å²) in [5, 5.41) is 12.9. The van der Waals surface area contributed by atoms with Gasteiger partial charge < -0.3 is 10.4 Å². The van der Waals surface area contributed by atoms with Crippen molar-refractivity contribution in [3.8, 4) is 0 Å². The lowest BCUT2D eigenvalue weighted by Crippen LogP contribution is -2.60. The molecule has 1 aliphatic heterocycles. The number of amides is 1. The van der Waals surface area contributed by atoms with Crippen LogP contribution >= 0.6 is 11.3 Å². The van der Waals surface area contributed by atoms with E-state index in [-0.39, 0.29) is 0 Å². The normalized spacial score (nSPS) is 23.1. The van der Waals surface area contributed by atoms with Crippen LogP contribution in [0.25, 0.3) is 10.2 Å². The van der Waals surface area contributed by atoms with E-state index in [2.05, 4.69) is 16.4 Å². The monoisotopic (exact) mass is 291 g/mol. The maximum absolute atomic E-state index is 11.6. The molecule has 0 radical (unpaired) electrons. The average Bonchev–Trinajstić information content (AvgIpc) is 2.94. The summed E-state index contributed by atoms with van der Waals surface area (Å²) in [7, 11) is 0. The molecule has 2 heterocycles. The van der Waals surface area contributed by atoms with Crippen LogP contribution < -0.4 is 5.32 Å². The van der Waals surface area contributed by atoms with Crippen LogP contribution in [0.5, 0.6) is 0 Å². The summed E-state index contributed by atoms with van der Waals surface area (Å²) in [5.41, 5.74) is 3.35. The Morgan fingerprint density at radius 3 is 3.20 bits per heavy atom. The first-order valence-corrected chi connectivity index (χ1v) is 7.60. The number of hydrogen-bond acceptors (Lipinski definition) is 4. The molecular formula is C14H17N3O2S. The standard InChI is InChI=1S/C14H17N3O2S/c1-2-14(8-15-5-6-17(14)13(18)19)10-3-4-11-12(7-10)20-9-16-11/h3-4,7,9,15H,2,5-6,8H2,1H3,(H,18,19). The molecule has 5 nitrogen and oxygen atoms in total. The molecule has 1 aromatic carbocycles. The van der Waals surface area contributed by atoms with E-state index in [9.17, 15) is 9.90 Å². The van der Waals surface area contributed by atoms with Crippen LogP contribution in [0.2, 0.25) is 0 Å². The number of thiazole rings is 1. The minimum Gasteiger partial charge on any atom is -0.465 e. The molecule has 0 saturated carbocycles. The largest absolute Gasteiger partial charge is 0.465 e. The molecule has 1 atom stereocenters. The van der Waals surface area contributed by atoms with Crippen molar-refractivity contribution in [3.05, 3.63) is 29.3 Å². The van der Waals surface area contributed by atoms with Gasteiger partial charge >= 0.3 is 6.09 Å². The van der Waals surface area contributed by atoms with Crippen LogP contribution in [-0.4, -0.2) is 40.7 Å². The Balaban J connectivity index is 2.11. The van der Waals surface area contributed by atoms with Crippen LogP contribution in [0, 0.1) is 0 Å². The first kappa shape index (κ1) is 13.3. The van der Waals surface area contributed by atoms with Crippen molar-refractivity contribution < 1.29 is 9.90 Å². The summed E-state index contributed by atoms with van der Waals surface area (Å²) in [6, 6.07) is 6.07. The molecule has 3 rings (SSSR count). The predicted molar refractivity (Wildman–Crippen MR) is 79.2 cm³/mol. The number of nitrogens with zero attached hydrogens (tertiary/aromatic N) is 2. The molecule has 106 valence electrons. The van der Waals surface area contributed by atoms with E-state index in [1.54, 1.807) is 16.2 Å². The van der Waals surface area contributed by atoms with E-state index in [1.807, 2.05) is 24.6 Å². The highest BCUT2D eigenvalue weighted by molar-refractivity contribution is 7.16. The average molecular weight is 291 g/mol. The Morgan fingerprint density at radius 2 is 2.45 bits per heavy atom. The molecule has 1 unspecified atom stereocenters. The highest BCUT2D eigenvalue weighted by atomic mass is 32.1. The van der Waals surface area contributed by atoms with Crippen molar-refractivity contribution in [1.82, 2.24) is 15.2 Å². The molecule has 2 aromatic rings. The van der Waals surface area contributed by atoms with Gasteiger partial charge in [-0.2, -0.15) is 0 Å². The molecular weight excluding hydrogens is 274 g/mol. The van der Waals surface area contributed by atoms with Gasteiger partial charge in [0.1, 0.15) is 0 Å². The first-order chi connectivity index (χ1) is 9.67. The zero-order valence-corrected chi connectivity index (χ0v) is 12.1. The lowest BCUT2D eigenvalue weighted by Gasteiger charge is -2.46. The molecule has 1 aromatic heterocycles. The smallest absolute Gasteiger partial charge is 0.408 e. The fraction of sp³-hybridized carbons (Fsp3) is 0.429. The molecule has 0 aliphatic carbocycles. The number of piperazine rings is 1. The van der Waals surface area contributed by atoms with Crippen molar-refractivity contribution in [1.29, 1.82) is 0 Å². The van der Waals surface area contributed by atoms with Gasteiger partial charge in [0.2, 0.25) is 0 Å². The first-order valence-electron chi connectivity index (χ1n) is 6.72. The number of carbonyl (C=O) groups is 1. The second kappa shape index (κ2) is 5.03. The van der Waals surface area contributed by atoms with E-state index >= 15 is 0 Å². The van der Waals surface area contributed by atoms with Crippen molar-refractivity contribution in [2.45, 2.75) is 18.9 Å². The summed E-state index contributed by atoms with van der Waals surface area (Å²) >= 11 is 1.59. The predicted octanol–water partition coefficient (Wildman–Crippen LogP) is 2.48. The van der Waals surface area contributed by atoms with Gasteiger partial charge in [0.25, 0.3) is 0 Å². The molecule has 1 fully saturated rings. The van der Waals surface area contributed by atoms with E-state index in [4.69, 9.17) is 0 Å². The zero-order valence-electron chi connectivity index (χ0n) is 11.3. The second-order valence-corrected chi connectivity index (χ2v) is 5.92. The Kier molecular flexibility index (Phi) is 3.35. The van der Waals surface area contributed by atoms with Gasteiger partial charge in [-0.25, -0.2) is 9.78 Å². The minimum atomic E-state index is -0.849. The SMILES string of the molecule is CCC1(c2ccc3ncsc3c2)CNCCN1C(=O)O. The van der Waals surface area contributed by atoms with Gasteiger partial charge in [0.05, 0.1) is 21.3 Å². The van der Waals surface area contributed by atoms with E-state index < -0.39 is 11.6 Å². The van der Waals surface area contributed by atoms with Gasteiger partial charge in [-0.3, -0.25) is 4.90 Å². The Hall–Kier alpha value is -1.66. The van der Waals surface area contributed by atoms with Crippen molar-refractivity contribution >= 4 is 27.6 Å². The summed E-state index contributed by atoms with van der Waals surface area (Å²) < 4.78 is 1.10. The van der Waals surface area contributed by atoms with Crippen molar-refractivity contribution in [3.63, 3.8) is 0 Å². The number of benzene rings is 1. The fourth-order valence-corrected chi connectivity index (χ4v) is 3.71. The second-order valence-electron chi connectivity index (χ2n) is 5.03. The molecule has 0 spiro atoms. The minimum absolute atomic E-state index is 0.484. The number of fused-ring (bicyclic) bond motifs is 1. The van der Waals surface area contributed by atoms with Gasteiger partial charge in [-0.05, 0) is 24.1 Å². The van der Waals surface area contributed by atoms with Gasteiger partial charge in [-0.15, -0.1) is 11.3 Å². The number of aromatic nitrogens is 1. The van der Waals surface area contributed by atoms with Crippen molar-refractivity contribution in [2.75, 3.05) is 19.6 Å². The molecule has 0 bridgehead atoms. The quantitative estimate of drug-likeness (QED) is 0.892. The molecule has 20 heavy (non-hydrogen) atoms. The number of rotatable bonds is 2. The van der Waals surface area contributed by atoms with Crippen LogP contribution in [0.15, 0.2) is 23.7 Å². The Bertz CT molecular complexity index is 642. The number of carboxylic acid groups (broad SMARTS) is 1. The summed E-state index contributed by atoms with van der Waals surface area (Å²) in [6.45, 7) is 3.92. The third kappa shape index (κ3) is 1.96. The van der Waals surface area contributed by atoms with Crippen LogP contribution in [0.4, 0.5) is 4.79 Å². The molecule has 2 N–H and O–H groups in total. The summed E-state index contributed by atoms with van der Waals surface area (Å²) in [5.74, 6) is 0. The Labute approximate surface area is 121 Å². The Morgan fingerprint density at radius 1 is 1.60 bits per heavy atom. The van der Waals surface area contributed by atoms with Gasteiger partial charge in [-0.1, -0.05) is 13.0 Å². The molecule has 1 amide bonds. The highest BCUT2D eigenvalue weighted by Gasteiger charge is 2.42. The lowest BCUT2D eigenvalue weighted by molar-refractivity contribution is 0.0517. The lowest BCUT2D eigenvalue weighted by atomic mass is 9.84. The van der Waals surface area contributed by atoms with Crippen LogP contribution in [-0.2, 0) is 5.54 Å². The molecule has 6 heteroatoms. The van der Waals surface area contributed by atoms with E-state index in [0.29, 0.717) is 19.6 Å². The van der Waals surface area contributed by atoms with E-state index in [1.165, 1.54) is 0 Å². The number of hydrogen-bond donors (Lipinski definition) is 2. The van der Waals surface area contributed by atoms with Crippen LogP contribution in [0.1, 0.15) is 18.9 Å². The third-order valence-corrected chi connectivity index (χ3v) is 4.92. The fourth-order valence-electron chi connectivity index (χ4n) is 3.00. The maximum atomic E-state index is 11.6.